The van der Waals surface area contributed by atoms with Gasteiger partial charge in [0.15, 0.2) is 6.61 Å². The number of hydrazone groups is 1. The maximum Gasteiger partial charge on any atom is 0.271 e. The summed E-state index contributed by atoms with van der Waals surface area (Å²) in [6.45, 7) is 0.186. The van der Waals surface area contributed by atoms with Crippen LogP contribution in [0.15, 0.2) is 101 Å². The predicted molar refractivity (Wildman–Crippen MR) is 156 cm³/mol. The average molecular weight is 595 g/mol. The largest absolute Gasteiger partial charge is 0.484 e. The zero-order valence-electron chi connectivity index (χ0n) is 22.0. The van der Waals surface area contributed by atoms with Gasteiger partial charge in [0.2, 0.25) is 10.0 Å². The number of anilines is 1. The van der Waals surface area contributed by atoms with Crippen LogP contribution in [0.1, 0.15) is 27.2 Å². The Bertz CT molecular complexity index is 1610. The molecule has 0 saturated carbocycles. The first-order valence-corrected chi connectivity index (χ1v) is 14.6. The van der Waals surface area contributed by atoms with E-state index in [-0.39, 0.29) is 25.6 Å². The van der Waals surface area contributed by atoms with Crippen LogP contribution in [0, 0.1) is 0 Å². The van der Waals surface area contributed by atoms with Gasteiger partial charge < -0.3 is 14.5 Å². The first-order chi connectivity index (χ1) is 19.7. The van der Waals surface area contributed by atoms with Gasteiger partial charge in [-0.25, -0.2) is 13.8 Å². The molecule has 0 aliphatic carbocycles. The Labute approximate surface area is 242 Å². The second-order valence-electron chi connectivity index (χ2n) is 8.82. The van der Waals surface area contributed by atoms with Gasteiger partial charge in [0.1, 0.15) is 11.5 Å². The minimum Gasteiger partial charge on any atom is -0.484 e. The molecule has 0 aliphatic rings. The molecule has 12 heteroatoms. The summed E-state index contributed by atoms with van der Waals surface area (Å²) in [6, 6.07) is 23.4. The number of nitrogens with one attached hydrogen (secondary N) is 2. The zero-order valence-corrected chi connectivity index (χ0v) is 23.6. The molecule has 0 spiro atoms. The molecule has 0 radical (unpaired) electrons. The van der Waals surface area contributed by atoms with Crippen LogP contribution in [0.3, 0.4) is 0 Å². The molecule has 41 heavy (non-hydrogen) atoms. The molecule has 2 amide bonds. The number of hydrogen-bond acceptors (Lipinski definition) is 7. The Morgan fingerprint density at radius 2 is 1.73 bits per heavy atom. The smallest absolute Gasteiger partial charge is 0.271 e. The number of nitrogens with zero attached hydrogens (tertiary/aromatic N) is 2. The van der Waals surface area contributed by atoms with E-state index in [2.05, 4.69) is 15.8 Å². The van der Waals surface area contributed by atoms with Crippen LogP contribution in [-0.4, -0.2) is 39.3 Å². The highest BCUT2D eigenvalue weighted by molar-refractivity contribution is 7.92. The van der Waals surface area contributed by atoms with E-state index in [1.54, 1.807) is 72.8 Å². The maximum absolute atomic E-state index is 12.5. The van der Waals surface area contributed by atoms with Crippen LogP contribution >= 0.6 is 11.6 Å². The lowest BCUT2D eigenvalue weighted by atomic mass is 10.2. The SMILES string of the molecule is CS(=O)(=O)N(Cc1ccccc1Cl)c1ccc(C(=O)N/N=C\c2ccc(OCC(=O)NCc3ccco3)cc2)cc1. The van der Waals surface area contributed by atoms with Gasteiger partial charge in [-0.2, -0.15) is 5.10 Å². The van der Waals surface area contributed by atoms with E-state index < -0.39 is 15.9 Å². The van der Waals surface area contributed by atoms with Gasteiger partial charge in [-0.05, 0) is 77.9 Å². The molecular formula is C29H27ClN4O6S. The summed E-state index contributed by atoms with van der Waals surface area (Å²) in [5.41, 5.74) is 4.48. The molecule has 1 aromatic heterocycles. The van der Waals surface area contributed by atoms with Crippen molar-refractivity contribution in [3.8, 4) is 5.75 Å². The van der Waals surface area contributed by atoms with Crippen molar-refractivity contribution >= 4 is 45.3 Å². The maximum atomic E-state index is 12.5. The highest BCUT2D eigenvalue weighted by atomic mass is 35.5. The fourth-order valence-corrected chi connectivity index (χ4v) is 4.71. The normalized spacial score (nSPS) is 11.3. The highest BCUT2D eigenvalue weighted by Crippen LogP contribution is 2.24. The number of halogens is 1. The van der Waals surface area contributed by atoms with E-state index in [4.69, 9.17) is 20.8 Å². The molecule has 0 bridgehead atoms. The monoisotopic (exact) mass is 594 g/mol. The lowest BCUT2D eigenvalue weighted by Gasteiger charge is -2.23. The van der Waals surface area contributed by atoms with Crippen molar-refractivity contribution in [1.29, 1.82) is 0 Å². The van der Waals surface area contributed by atoms with Crippen LogP contribution in [0.2, 0.25) is 5.02 Å². The van der Waals surface area contributed by atoms with E-state index in [1.165, 1.54) is 28.9 Å². The summed E-state index contributed by atoms with van der Waals surface area (Å²) in [6.07, 6.45) is 4.10. The van der Waals surface area contributed by atoms with Gasteiger partial charge >= 0.3 is 0 Å². The average Bonchev–Trinajstić information content (AvgIpc) is 3.48. The Morgan fingerprint density at radius 3 is 2.39 bits per heavy atom. The van der Waals surface area contributed by atoms with Gasteiger partial charge in [-0.1, -0.05) is 29.8 Å². The molecule has 10 nitrogen and oxygen atoms in total. The van der Waals surface area contributed by atoms with Crippen LogP contribution in [0.5, 0.6) is 5.75 Å². The lowest BCUT2D eigenvalue weighted by Crippen LogP contribution is -2.29. The number of hydrogen-bond donors (Lipinski definition) is 2. The third-order valence-corrected chi connectivity index (χ3v) is 7.27. The van der Waals surface area contributed by atoms with E-state index in [9.17, 15) is 18.0 Å². The lowest BCUT2D eigenvalue weighted by molar-refractivity contribution is -0.123. The van der Waals surface area contributed by atoms with Crippen molar-refractivity contribution in [1.82, 2.24) is 10.7 Å². The molecule has 0 saturated heterocycles. The number of sulfonamides is 1. The zero-order chi connectivity index (χ0) is 29.2. The van der Waals surface area contributed by atoms with E-state index >= 15 is 0 Å². The summed E-state index contributed by atoms with van der Waals surface area (Å²) < 4.78 is 36.8. The van der Waals surface area contributed by atoms with E-state index in [0.717, 1.165) is 6.26 Å². The Balaban J connectivity index is 1.28. The number of benzene rings is 3. The second-order valence-corrected chi connectivity index (χ2v) is 11.1. The van der Waals surface area contributed by atoms with Crippen LogP contribution in [0.4, 0.5) is 5.69 Å². The number of amides is 2. The van der Waals surface area contributed by atoms with Crippen LogP contribution < -0.4 is 19.8 Å². The molecule has 4 rings (SSSR count). The van der Waals surface area contributed by atoms with Crippen molar-refractivity contribution in [2.24, 2.45) is 5.10 Å². The topological polar surface area (TPSA) is 130 Å². The van der Waals surface area contributed by atoms with Crippen molar-refractivity contribution in [3.05, 3.63) is 119 Å². The number of rotatable bonds is 12. The molecule has 0 atom stereocenters. The summed E-state index contributed by atoms with van der Waals surface area (Å²) in [7, 11) is -3.61. The van der Waals surface area contributed by atoms with Crippen molar-refractivity contribution < 1.29 is 27.2 Å². The predicted octanol–water partition coefficient (Wildman–Crippen LogP) is 4.36. The molecule has 212 valence electrons. The van der Waals surface area contributed by atoms with E-state index in [1.807, 2.05) is 0 Å². The molecule has 1 heterocycles. The number of furan rings is 1. The van der Waals surface area contributed by atoms with Gasteiger partial charge in [-0.3, -0.25) is 13.9 Å². The second kappa shape index (κ2) is 13.6. The van der Waals surface area contributed by atoms with Crippen molar-refractivity contribution in [2.75, 3.05) is 17.2 Å². The summed E-state index contributed by atoms with van der Waals surface area (Å²) >= 11 is 6.21. The number of carbonyl (C=O) groups is 2. The fraction of sp³-hybridized carbons (Fsp3) is 0.138. The minimum atomic E-state index is -3.61. The third kappa shape index (κ3) is 8.69. The molecule has 2 N–H and O–H groups in total. The van der Waals surface area contributed by atoms with Gasteiger partial charge in [-0.15, -0.1) is 0 Å². The van der Waals surface area contributed by atoms with Gasteiger partial charge in [0.05, 0.1) is 37.5 Å². The Morgan fingerprint density at radius 1 is 1.00 bits per heavy atom. The van der Waals surface area contributed by atoms with E-state index in [0.29, 0.717) is 38.9 Å². The molecule has 0 fully saturated rings. The first-order valence-electron chi connectivity index (χ1n) is 12.4. The molecule has 0 unspecified atom stereocenters. The minimum absolute atomic E-state index is 0.0527. The van der Waals surface area contributed by atoms with Gasteiger partial charge in [0, 0.05) is 10.6 Å². The standard InChI is InChI=1S/C29H27ClN4O6S/c1-41(37,38)34(19-23-5-2-3-7-27(23)30)24-12-10-22(11-13-24)29(36)33-32-17-21-8-14-25(15-9-21)40-20-28(35)31-18-26-6-4-16-39-26/h2-17H,18-20H2,1H3,(H,31,35)(H,33,36)/b32-17-. The number of carbonyl (C=O) groups excluding carboxylic acids is 2. The number of ether oxygens (including phenoxy) is 1. The van der Waals surface area contributed by atoms with Crippen LogP contribution in [-0.2, 0) is 27.9 Å². The molecule has 3 aromatic carbocycles. The summed E-state index contributed by atoms with van der Waals surface area (Å²) in [5.74, 6) is 0.393. The summed E-state index contributed by atoms with van der Waals surface area (Å²) in [4.78, 5) is 24.5. The molecule has 4 aromatic rings. The molecule has 0 aliphatic heterocycles. The fourth-order valence-electron chi connectivity index (χ4n) is 3.64. The molecular weight excluding hydrogens is 568 g/mol. The third-order valence-electron chi connectivity index (χ3n) is 5.76. The van der Waals surface area contributed by atoms with Gasteiger partial charge in [0.25, 0.3) is 11.8 Å². The van der Waals surface area contributed by atoms with Crippen molar-refractivity contribution in [3.63, 3.8) is 0 Å². The van der Waals surface area contributed by atoms with Crippen molar-refractivity contribution in [2.45, 2.75) is 13.1 Å². The Kier molecular flexibility index (Phi) is 9.77. The Hall–Kier alpha value is -4.61. The quantitative estimate of drug-likeness (QED) is 0.185. The van der Waals surface area contributed by atoms with Crippen LogP contribution in [0.25, 0.3) is 0 Å². The summed E-state index contributed by atoms with van der Waals surface area (Å²) in [5, 5.41) is 7.13. The first kappa shape index (κ1) is 29.4. The highest BCUT2D eigenvalue weighted by Gasteiger charge is 2.19.